The summed E-state index contributed by atoms with van der Waals surface area (Å²) in [6.07, 6.45) is 3.26. The first-order chi connectivity index (χ1) is 9.61. The van der Waals surface area contributed by atoms with Gasteiger partial charge in [-0.3, -0.25) is 14.6 Å². The lowest BCUT2D eigenvalue weighted by molar-refractivity contribution is -0.149. The van der Waals surface area contributed by atoms with E-state index in [4.69, 9.17) is 4.74 Å². The van der Waals surface area contributed by atoms with Crippen LogP contribution in [0.4, 0.5) is 0 Å². The molecule has 0 radical (unpaired) electrons. The summed E-state index contributed by atoms with van der Waals surface area (Å²) in [7, 11) is 0. The van der Waals surface area contributed by atoms with Gasteiger partial charge in [0.1, 0.15) is 0 Å². The summed E-state index contributed by atoms with van der Waals surface area (Å²) in [5.41, 5.74) is 1.44. The van der Waals surface area contributed by atoms with E-state index in [-0.39, 0.29) is 17.8 Å². The Labute approximate surface area is 118 Å². The summed E-state index contributed by atoms with van der Waals surface area (Å²) >= 11 is 0. The van der Waals surface area contributed by atoms with E-state index in [0.717, 1.165) is 18.5 Å². The Balaban J connectivity index is 2.05. The molecule has 1 aromatic heterocycles. The van der Waals surface area contributed by atoms with E-state index in [9.17, 15) is 9.59 Å². The number of amides is 1. The number of hydrogen-bond donors (Lipinski definition) is 0. The molecule has 1 amide bonds. The van der Waals surface area contributed by atoms with E-state index in [2.05, 4.69) is 4.98 Å². The first kappa shape index (κ1) is 14.5. The van der Waals surface area contributed by atoms with Crippen molar-refractivity contribution in [2.24, 2.45) is 5.92 Å². The molecule has 0 N–H and O–H groups in total. The second-order valence-corrected chi connectivity index (χ2v) is 5.03. The summed E-state index contributed by atoms with van der Waals surface area (Å²) in [6, 6.07) is 3.49. The third-order valence-electron chi connectivity index (χ3n) is 3.47. The number of ether oxygens (including phenoxy) is 1. The van der Waals surface area contributed by atoms with Gasteiger partial charge in [-0.2, -0.15) is 0 Å². The quantitative estimate of drug-likeness (QED) is 0.790. The third kappa shape index (κ3) is 3.35. The molecule has 108 valence electrons. The largest absolute Gasteiger partial charge is 0.466 e. The minimum Gasteiger partial charge on any atom is -0.466 e. The molecule has 0 unspecified atom stereocenters. The van der Waals surface area contributed by atoms with Crippen LogP contribution in [0.25, 0.3) is 0 Å². The highest BCUT2D eigenvalue weighted by Crippen LogP contribution is 2.20. The lowest BCUT2D eigenvalue weighted by atomic mass is 9.97. The van der Waals surface area contributed by atoms with Crippen LogP contribution >= 0.6 is 0 Å². The summed E-state index contributed by atoms with van der Waals surface area (Å²) in [5.74, 6) is -0.434. The van der Waals surface area contributed by atoms with Gasteiger partial charge in [-0.15, -0.1) is 0 Å². The number of hydrogen-bond acceptors (Lipinski definition) is 4. The Morgan fingerprint density at radius 2 is 2.30 bits per heavy atom. The van der Waals surface area contributed by atoms with Crippen molar-refractivity contribution in [2.45, 2.75) is 26.7 Å². The van der Waals surface area contributed by atoms with E-state index in [1.165, 1.54) is 0 Å². The molecule has 2 rings (SSSR count). The molecule has 1 aliphatic rings. The number of piperidine rings is 1. The minimum atomic E-state index is -0.199. The number of esters is 1. The van der Waals surface area contributed by atoms with Crippen molar-refractivity contribution in [2.75, 3.05) is 19.7 Å². The van der Waals surface area contributed by atoms with Gasteiger partial charge in [0, 0.05) is 30.5 Å². The average Bonchev–Trinajstić information content (AvgIpc) is 2.47. The van der Waals surface area contributed by atoms with Crippen LogP contribution in [0, 0.1) is 12.8 Å². The highest BCUT2D eigenvalue weighted by molar-refractivity contribution is 5.94. The molecule has 1 atom stereocenters. The number of aromatic nitrogens is 1. The Kier molecular flexibility index (Phi) is 4.71. The monoisotopic (exact) mass is 276 g/mol. The van der Waals surface area contributed by atoms with Gasteiger partial charge < -0.3 is 9.64 Å². The van der Waals surface area contributed by atoms with E-state index in [1.807, 2.05) is 6.92 Å². The van der Waals surface area contributed by atoms with E-state index < -0.39 is 0 Å². The normalized spacial score (nSPS) is 18.7. The van der Waals surface area contributed by atoms with E-state index >= 15 is 0 Å². The van der Waals surface area contributed by atoms with Crippen LogP contribution in [0.15, 0.2) is 18.3 Å². The molecule has 1 aromatic rings. The fraction of sp³-hybridized carbons (Fsp3) is 0.533. The number of pyridine rings is 1. The zero-order chi connectivity index (χ0) is 14.5. The van der Waals surface area contributed by atoms with Crippen molar-refractivity contribution >= 4 is 11.9 Å². The van der Waals surface area contributed by atoms with Gasteiger partial charge in [-0.25, -0.2) is 0 Å². The molecule has 1 aliphatic heterocycles. The van der Waals surface area contributed by atoms with Crippen LogP contribution in [-0.2, 0) is 9.53 Å². The Morgan fingerprint density at radius 1 is 1.50 bits per heavy atom. The molecule has 0 bridgehead atoms. The van der Waals surface area contributed by atoms with Gasteiger partial charge in [0.05, 0.1) is 12.5 Å². The van der Waals surface area contributed by atoms with Gasteiger partial charge in [0.15, 0.2) is 0 Å². The predicted molar refractivity (Wildman–Crippen MR) is 74.2 cm³/mol. The molecule has 1 fully saturated rings. The molecule has 1 saturated heterocycles. The molecule has 5 heteroatoms. The summed E-state index contributed by atoms with van der Waals surface area (Å²) in [6.45, 7) is 5.17. The number of carbonyl (C=O) groups excluding carboxylic acids is 2. The maximum Gasteiger partial charge on any atom is 0.310 e. The van der Waals surface area contributed by atoms with Gasteiger partial charge in [0.2, 0.25) is 0 Å². The topological polar surface area (TPSA) is 59.5 Å². The van der Waals surface area contributed by atoms with Gasteiger partial charge in [-0.1, -0.05) is 0 Å². The number of likely N-dealkylation sites (tertiary alicyclic amines) is 1. The maximum atomic E-state index is 12.4. The Hall–Kier alpha value is -1.91. The van der Waals surface area contributed by atoms with Crippen molar-refractivity contribution in [3.63, 3.8) is 0 Å². The molecule has 20 heavy (non-hydrogen) atoms. The molecule has 0 saturated carbocycles. The number of aryl methyl sites for hydroxylation is 1. The molecular weight excluding hydrogens is 256 g/mol. The van der Waals surface area contributed by atoms with Crippen LogP contribution in [-0.4, -0.2) is 41.5 Å². The average molecular weight is 276 g/mol. The number of rotatable bonds is 3. The summed E-state index contributed by atoms with van der Waals surface area (Å²) in [4.78, 5) is 30.0. The second-order valence-electron chi connectivity index (χ2n) is 5.03. The standard InChI is InChI=1S/C15H20N2O3/c1-3-20-15(19)13-5-4-8-17(10-13)14(18)12-6-7-16-11(2)9-12/h6-7,9,13H,3-5,8,10H2,1-2H3/t13-/m1/s1. The fourth-order valence-electron chi connectivity index (χ4n) is 2.48. The van der Waals surface area contributed by atoms with Crippen molar-refractivity contribution < 1.29 is 14.3 Å². The van der Waals surface area contributed by atoms with Crippen molar-refractivity contribution in [1.29, 1.82) is 0 Å². The molecule has 0 spiro atoms. The lowest BCUT2D eigenvalue weighted by Gasteiger charge is -2.31. The Morgan fingerprint density at radius 3 is 3.00 bits per heavy atom. The minimum absolute atomic E-state index is 0.0375. The second kappa shape index (κ2) is 6.50. The molecule has 0 aliphatic carbocycles. The molecular formula is C15H20N2O3. The third-order valence-corrected chi connectivity index (χ3v) is 3.47. The predicted octanol–water partition coefficient (Wildman–Crippen LogP) is 1.81. The van der Waals surface area contributed by atoms with Crippen molar-refractivity contribution in [3.05, 3.63) is 29.6 Å². The number of carbonyl (C=O) groups is 2. The molecule has 2 heterocycles. The molecule has 5 nitrogen and oxygen atoms in total. The van der Waals surface area contributed by atoms with Gasteiger partial charge in [0.25, 0.3) is 5.91 Å². The molecule has 0 aromatic carbocycles. The fourth-order valence-corrected chi connectivity index (χ4v) is 2.48. The van der Waals surface area contributed by atoms with Crippen molar-refractivity contribution in [3.8, 4) is 0 Å². The first-order valence-corrected chi connectivity index (χ1v) is 7.00. The lowest BCUT2D eigenvalue weighted by Crippen LogP contribution is -2.42. The van der Waals surface area contributed by atoms with E-state index in [1.54, 1.807) is 30.2 Å². The Bertz CT molecular complexity index is 502. The zero-order valence-corrected chi connectivity index (χ0v) is 12.0. The van der Waals surface area contributed by atoms with E-state index in [0.29, 0.717) is 25.3 Å². The zero-order valence-electron chi connectivity index (χ0n) is 12.0. The summed E-state index contributed by atoms with van der Waals surface area (Å²) < 4.78 is 5.05. The van der Waals surface area contributed by atoms with Crippen LogP contribution in [0.3, 0.4) is 0 Å². The SMILES string of the molecule is CCOC(=O)[C@@H]1CCCN(C(=O)c2ccnc(C)c2)C1. The maximum absolute atomic E-state index is 12.4. The summed E-state index contributed by atoms with van der Waals surface area (Å²) in [5, 5.41) is 0. The van der Waals surface area contributed by atoms with Crippen LogP contribution < -0.4 is 0 Å². The van der Waals surface area contributed by atoms with Crippen LogP contribution in [0.1, 0.15) is 35.8 Å². The number of nitrogens with zero attached hydrogens (tertiary/aromatic N) is 2. The smallest absolute Gasteiger partial charge is 0.310 e. The van der Waals surface area contributed by atoms with Crippen LogP contribution in [0.2, 0.25) is 0 Å². The highest BCUT2D eigenvalue weighted by atomic mass is 16.5. The van der Waals surface area contributed by atoms with Gasteiger partial charge >= 0.3 is 5.97 Å². The highest BCUT2D eigenvalue weighted by Gasteiger charge is 2.29. The first-order valence-electron chi connectivity index (χ1n) is 7.00. The van der Waals surface area contributed by atoms with Gasteiger partial charge in [-0.05, 0) is 38.8 Å². The van der Waals surface area contributed by atoms with Crippen LogP contribution in [0.5, 0.6) is 0 Å². The van der Waals surface area contributed by atoms with Crippen molar-refractivity contribution in [1.82, 2.24) is 9.88 Å².